The molecule has 0 aliphatic heterocycles. The Morgan fingerprint density at radius 3 is 3.00 bits per heavy atom. The van der Waals surface area contributed by atoms with Gasteiger partial charge in [0, 0.05) is 26.5 Å². The molecule has 2 aromatic rings. The lowest BCUT2D eigenvalue weighted by Gasteiger charge is -2.10. The summed E-state index contributed by atoms with van der Waals surface area (Å²) in [6.07, 6.45) is 2.28. The maximum Gasteiger partial charge on any atom is 0.263 e. The number of nitrogens with zero attached hydrogens (tertiary/aromatic N) is 2. The Bertz CT molecular complexity index is 664. The maximum absolute atomic E-state index is 12.2. The molecule has 2 aromatic heterocycles. The predicted octanol–water partition coefficient (Wildman–Crippen LogP) is 0.532. The van der Waals surface area contributed by atoms with E-state index in [0.717, 1.165) is 0 Å². The standard InChI is InChI=1S/C13H15N3O3/c1-19-7-3-6-16-11-4-2-5-15-10(11)8-9(12(14)17)13(16)18/h2,4-5,8H,3,6-7H2,1H3,(H2,14,17). The summed E-state index contributed by atoms with van der Waals surface area (Å²) < 4.78 is 6.49. The molecule has 0 radical (unpaired) electrons. The minimum absolute atomic E-state index is 0.0383. The number of pyridine rings is 2. The predicted molar refractivity (Wildman–Crippen MR) is 71.0 cm³/mol. The van der Waals surface area contributed by atoms with E-state index in [9.17, 15) is 9.59 Å². The molecule has 0 saturated heterocycles. The fourth-order valence-electron chi connectivity index (χ4n) is 1.97. The molecule has 19 heavy (non-hydrogen) atoms. The van der Waals surface area contributed by atoms with Crippen molar-refractivity contribution in [2.24, 2.45) is 5.73 Å². The Balaban J connectivity index is 2.59. The molecule has 0 unspecified atom stereocenters. The first-order valence-electron chi connectivity index (χ1n) is 5.92. The lowest BCUT2D eigenvalue weighted by molar-refractivity contribution is 0.0998. The van der Waals surface area contributed by atoms with Gasteiger partial charge in [0.05, 0.1) is 11.0 Å². The van der Waals surface area contributed by atoms with Gasteiger partial charge >= 0.3 is 0 Å². The zero-order valence-electron chi connectivity index (χ0n) is 10.6. The number of hydrogen-bond donors (Lipinski definition) is 1. The van der Waals surface area contributed by atoms with E-state index < -0.39 is 5.91 Å². The van der Waals surface area contributed by atoms with E-state index >= 15 is 0 Å². The number of carbonyl (C=O) groups is 1. The van der Waals surface area contributed by atoms with Crippen molar-refractivity contribution in [2.45, 2.75) is 13.0 Å². The van der Waals surface area contributed by atoms with Crippen molar-refractivity contribution in [3.63, 3.8) is 0 Å². The van der Waals surface area contributed by atoms with Gasteiger partial charge in [0.15, 0.2) is 0 Å². The van der Waals surface area contributed by atoms with Crippen molar-refractivity contribution in [3.8, 4) is 0 Å². The molecular weight excluding hydrogens is 246 g/mol. The normalized spacial score (nSPS) is 10.8. The van der Waals surface area contributed by atoms with Crippen LogP contribution in [-0.4, -0.2) is 29.2 Å². The highest BCUT2D eigenvalue weighted by molar-refractivity contribution is 5.95. The van der Waals surface area contributed by atoms with Gasteiger partial charge in [-0.1, -0.05) is 0 Å². The number of rotatable bonds is 5. The number of methoxy groups -OCH3 is 1. The molecule has 2 N–H and O–H groups in total. The van der Waals surface area contributed by atoms with Crippen LogP contribution in [0.4, 0.5) is 0 Å². The number of aryl methyl sites for hydroxylation is 1. The summed E-state index contributed by atoms with van der Waals surface area (Å²) >= 11 is 0. The first kappa shape index (κ1) is 13.2. The molecule has 100 valence electrons. The fraction of sp³-hybridized carbons (Fsp3) is 0.308. The molecule has 0 fully saturated rings. The molecule has 6 heteroatoms. The van der Waals surface area contributed by atoms with Gasteiger partial charge in [0.1, 0.15) is 5.56 Å². The van der Waals surface area contributed by atoms with E-state index in [-0.39, 0.29) is 11.1 Å². The van der Waals surface area contributed by atoms with E-state index in [2.05, 4.69) is 4.98 Å². The maximum atomic E-state index is 12.2. The van der Waals surface area contributed by atoms with Crippen LogP contribution in [0.2, 0.25) is 0 Å². The zero-order valence-corrected chi connectivity index (χ0v) is 10.6. The summed E-state index contributed by atoms with van der Waals surface area (Å²) in [5.74, 6) is -0.738. The summed E-state index contributed by atoms with van der Waals surface area (Å²) in [5, 5.41) is 0. The van der Waals surface area contributed by atoms with E-state index in [1.54, 1.807) is 25.4 Å². The van der Waals surface area contributed by atoms with Gasteiger partial charge in [-0.15, -0.1) is 0 Å². The first-order valence-corrected chi connectivity index (χ1v) is 5.92. The molecule has 2 rings (SSSR count). The molecule has 0 saturated carbocycles. The number of amides is 1. The van der Waals surface area contributed by atoms with Crippen LogP contribution >= 0.6 is 0 Å². The molecule has 0 aliphatic rings. The Morgan fingerprint density at radius 1 is 1.53 bits per heavy atom. The van der Waals surface area contributed by atoms with E-state index in [4.69, 9.17) is 10.5 Å². The molecule has 0 bridgehead atoms. The van der Waals surface area contributed by atoms with Crippen molar-refractivity contribution in [1.82, 2.24) is 9.55 Å². The van der Waals surface area contributed by atoms with Crippen LogP contribution in [0.25, 0.3) is 11.0 Å². The second-order valence-electron chi connectivity index (χ2n) is 4.13. The lowest BCUT2D eigenvalue weighted by Crippen LogP contribution is -2.30. The topological polar surface area (TPSA) is 87.2 Å². The molecule has 6 nitrogen and oxygen atoms in total. The van der Waals surface area contributed by atoms with E-state index in [1.165, 1.54) is 10.6 Å². The second-order valence-corrected chi connectivity index (χ2v) is 4.13. The molecule has 0 spiro atoms. The first-order chi connectivity index (χ1) is 9.15. The minimum atomic E-state index is -0.738. The van der Waals surface area contributed by atoms with Gasteiger partial charge in [0.2, 0.25) is 0 Å². The lowest BCUT2D eigenvalue weighted by atomic mass is 10.2. The van der Waals surface area contributed by atoms with Crippen molar-refractivity contribution < 1.29 is 9.53 Å². The largest absolute Gasteiger partial charge is 0.385 e. The van der Waals surface area contributed by atoms with Gasteiger partial charge in [-0.25, -0.2) is 0 Å². The number of primary amides is 1. The van der Waals surface area contributed by atoms with Crippen LogP contribution in [0.1, 0.15) is 16.8 Å². The summed E-state index contributed by atoms with van der Waals surface area (Å²) in [6.45, 7) is 0.991. The van der Waals surface area contributed by atoms with Crippen molar-refractivity contribution >= 4 is 16.9 Å². The molecule has 2 heterocycles. The number of ether oxygens (including phenoxy) is 1. The van der Waals surface area contributed by atoms with Crippen molar-refractivity contribution in [2.75, 3.05) is 13.7 Å². The number of carbonyl (C=O) groups excluding carboxylic acids is 1. The third-order valence-corrected chi connectivity index (χ3v) is 2.86. The van der Waals surface area contributed by atoms with Crippen LogP contribution < -0.4 is 11.3 Å². The van der Waals surface area contributed by atoms with E-state index in [0.29, 0.717) is 30.6 Å². The van der Waals surface area contributed by atoms with Crippen LogP contribution in [-0.2, 0) is 11.3 Å². The summed E-state index contributed by atoms with van der Waals surface area (Å²) in [4.78, 5) is 27.7. The van der Waals surface area contributed by atoms with Crippen LogP contribution in [0, 0.1) is 0 Å². The fourth-order valence-corrected chi connectivity index (χ4v) is 1.97. The second kappa shape index (κ2) is 5.62. The molecular formula is C13H15N3O3. The number of fused-ring (bicyclic) bond motifs is 1. The van der Waals surface area contributed by atoms with Crippen molar-refractivity contribution in [3.05, 3.63) is 40.3 Å². The number of aromatic nitrogens is 2. The molecule has 1 amide bonds. The molecule has 0 aromatic carbocycles. The minimum Gasteiger partial charge on any atom is -0.385 e. The van der Waals surface area contributed by atoms with Crippen LogP contribution in [0.3, 0.4) is 0 Å². The highest BCUT2D eigenvalue weighted by Crippen LogP contribution is 2.11. The summed E-state index contributed by atoms with van der Waals surface area (Å²) in [5.41, 5.74) is 6.07. The third-order valence-electron chi connectivity index (χ3n) is 2.86. The Hall–Kier alpha value is -2.21. The average Bonchev–Trinajstić information content (AvgIpc) is 2.40. The summed E-state index contributed by atoms with van der Waals surface area (Å²) in [6, 6.07) is 4.98. The number of hydrogen-bond acceptors (Lipinski definition) is 4. The zero-order chi connectivity index (χ0) is 13.8. The third kappa shape index (κ3) is 2.63. The molecule has 0 aliphatic carbocycles. The highest BCUT2D eigenvalue weighted by atomic mass is 16.5. The SMILES string of the molecule is COCCCn1c(=O)c(C(N)=O)cc2ncccc21. The average molecular weight is 261 g/mol. The summed E-state index contributed by atoms with van der Waals surface area (Å²) in [7, 11) is 1.60. The highest BCUT2D eigenvalue weighted by Gasteiger charge is 2.13. The van der Waals surface area contributed by atoms with Crippen molar-refractivity contribution in [1.29, 1.82) is 0 Å². The number of nitrogens with two attached hydrogens (primary N) is 1. The quantitative estimate of drug-likeness (QED) is 0.795. The van der Waals surface area contributed by atoms with Gasteiger partial charge in [-0.3, -0.25) is 14.6 Å². The smallest absolute Gasteiger partial charge is 0.263 e. The van der Waals surface area contributed by atoms with Crippen LogP contribution in [0.15, 0.2) is 29.2 Å². The van der Waals surface area contributed by atoms with E-state index in [1.807, 2.05) is 0 Å². The monoisotopic (exact) mass is 261 g/mol. The van der Waals surface area contributed by atoms with Crippen LogP contribution in [0.5, 0.6) is 0 Å². The van der Waals surface area contributed by atoms with Gasteiger partial charge in [-0.05, 0) is 24.6 Å². The van der Waals surface area contributed by atoms with Gasteiger partial charge in [0.25, 0.3) is 11.5 Å². The Morgan fingerprint density at radius 2 is 2.32 bits per heavy atom. The Labute approximate surface area is 109 Å². The Kier molecular flexibility index (Phi) is 3.91. The molecule has 0 atom stereocenters. The van der Waals surface area contributed by atoms with Gasteiger partial charge in [-0.2, -0.15) is 0 Å². The van der Waals surface area contributed by atoms with Gasteiger partial charge < -0.3 is 15.0 Å².